The largest absolute Gasteiger partial charge is 0.481 e. The van der Waals surface area contributed by atoms with Gasteiger partial charge in [-0.2, -0.15) is 0 Å². The maximum Gasteiger partial charge on any atom is 0.311 e. The van der Waals surface area contributed by atoms with E-state index in [0.717, 1.165) is 0 Å². The molecule has 1 spiro atoms. The summed E-state index contributed by atoms with van der Waals surface area (Å²) >= 11 is 12.3. The normalized spacial score (nSPS) is 28.0. The number of amides is 1. The highest BCUT2D eigenvalue weighted by Crippen LogP contribution is 2.55. The molecule has 0 bridgehead atoms. The number of carbonyl (C=O) groups is 4. The Kier molecular flexibility index (Phi) is 5.96. The van der Waals surface area contributed by atoms with Gasteiger partial charge >= 0.3 is 5.97 Å². The number of Topliss-reactive ketones (excluding diaryl/α,β-unsaturated/α-hetero) is 2. The number of carboxylic acid groups (broad SMARTS) is 1. The van der Waals surface area contributed by atoms with Gasteiger partial charge in [-0.3, -0.25) is 19.2 Å². The van der Waals surface area contributed by atoms with Gasteiger partial charge in [0.05, 0.1) is 35.3 Å². The predicted molar refractivity (Wildman–Crippen MR) is 125 cm³/mol. The van der Waals surface area contributed by atoms with E-state index >= 15 is 0 Å². The van der Waals surface area contributed by atoms with Gasteiger partial charge < -0.3 is 19.5 Å². The van der Waals surface area contributed by atoms with E-state index in [1.807, 2.05) is 0 Å². The summed E-state index contributed by atoms with van der Waals surface area (Å²) in [6.07, 6.45) is -1.22. The average Bonchev–Trinajstić information content (AvgIpc) is 3.31. The van der Waals surface area contributed by atoms with Crippen molar-refractivity contribution in [2.24, 2.45) is 11.8 Å². The number of hydrogen-bond acceptors (Lipinski definition) is 6. The van der Waals surface area contributed by atoms with Gasteiger partial charge in [-0.25, -0.2) is 0 Å². The van der Waals surface area contributed by atoms with Crippen LogP contribution in [-0.4, -0.2) is 65.4 Å². The molecule has 5 rings (SSSR count). The van der Waals surface area contributed by atoms with Gasteiger partial charge in [-0.15, -0.1) is 0 Å². The molecule has 2 aromatic carbocycles. The first-order chi connectivity index (χ1) is 16.7. The molecular weight excluding hydrogens is 497 g/mol. The standard InChI is InChI=1S/C25H21Cl2NO7/c1-12-3-2-4-14-17(12)22(30)25(21(14)29)19(24(32)33)18(23(31)28-7-9-34-10-8-28)20(35-25)13-5-6-15(26)16(27)11-13/h2-6,11,18-20H,7-10H2,1H3,(H,32,33). The summed E-state index contributed by atoms with van der Waals surface area (Å²) in [6.45, 7) is 2.76. The molecule has 4 unspecified atom stereocenters. The number of ketones is 2. The van der Waals surface area contributed by atoms with Crippen molar-refractivity contribution in [1.29, 1.82) is 0 Å². The van der Waals surface area contributed by atoms with Crippen LogP contribution < -0.4 is 0 Å². The van der Waals surface area contributed by atoms with Gasteiger partial charge in [0, 0.05) is 24.2 Å². The third kappa shape index (κ3) is 3.50. The first-order valence-electron chi connectivity index (χ1n) is 11.1. The number of halogens is 2. The van der Waals surface area contributed by atoms with Crippen LogP contribution in [0.25, 0.3) is 0 Å². The number of rotatable bonds is 3. The number of carboxylic acids is 1. The Morgan fingerprint density at radius 2 is 1.77 bits per heavy atom. The summed E-state index contributed by atoms with van der Waals surface area (Å²) < 4.78 is 11.5. The second-order valence-corrected chi connectivity index (χ2v) is 9.70. The SMILES string of the molecule is Cc1cccc2c1C(=O)C1(OC(c3ccc(Cl)c(Cl)c3)C(C(=O)N3CCOCC3)C1C(=O)O)C2=O. The Labute approximate surface area is 210 Å². The molecule has 2 fully saturated rings. The van der Waals surface area contributed by atoms with Crippen molar-refractivity contribution in [2.75, 3.05) is 26.3 Å². The van der Waals surface area contributed by atoms with Gasteiger partial charge in [0.15, 0.2) is 0 Å². The summed E-state index contributed by atoms with van der Waals surface area (Å²) in [4.78, 5) is 55.6. The lowest BCUT2D eigenvalue weighted by Gasteiger charge is -2.32. The summed E-state index contributed by atoms with van der Waals surface area (Å²) in [5.41, 5.74) is -1.28. The van der Waals surface area contributed by atoms with Crippen molar-refractivity contribution in [1.82, 2.24) is 4.90 Å². The van der Waals surface area contributed by atoms with E-state index in [1.54, 1.807) is 25.1 Å². The molecule has 2 aliphatic heterocycles. The number of ether oxygens (including phenoxy) is 2. The summed E-state index contributed by atoms with van der Waals surface area (Å²) in [5, 5.41) is 10.8. The minimum absolute atomic E-state index is 0.0913. The smallest absolute Gasteiger partial charge is 0.311 e. The zero-order chi connectivity index (χ0) is 25.1. The number of aryl methyl sites for hydroxylation is 1. The van der Waals surface area contributed by atoms with Crippen LogP contribution in [0.3, 0.4) is 0 Å². The number of aliphatic carboxylic acids is 1. The summed E-state index contributed by atoms with van der Waals surface area (Å²) in [6, 6.07) is 9.28. The van der Waals surface area contributed by atoms with Crippen molar-refractivity contribution < 1.29 is 33.8 Å². The molecule has 0 aromatic heterocycles. The van der Waals surface area contributed by atoms with Crippen LogP contribution in [0.5, 0.6) is 0 Å². The lowest BCUT2D eigenvalue weighted by molar-refractivity contribution is -0.152. The maximum atomic E-state index is 13.8. The van der Waals surface area contributed by atoms with E-state index in [4.69, 9.17) is 32.7 Å². The molecule has 35 heavy (non-hydrogen) atoms. The molecule has 8 nitrogen and oxygen atoms in total. The number of hydrogen-bond donors (Lipinski definition) is 1. The summed E-state index contributed by atoms with van der Waals surface area (Å²) in [5.74, 6) is -6.59. The molecule has 2 heterocycles. The fourth-order valence-corrected chi connectivity index (χ4v) is 5.68. The van der Waals surface area contributed by atoms with Crippen LogP contribution in [0.1, 0.15) is 37.9 Å². The molecule has 2 aromatic rings. The molecule has 182 valence electrons. The van der Waals surface area contributed by atoms with Gasteiger partial charge in [0.25, 0.3) is 0 Å². The Hall–Kier alpha value is -2.78. The lowest BCUT2D eigenvalue weighted by Crippen LogP contribution is -2.53. The molecule has 4 atom stereocenters. The molecule has 1 aliphatic carbocycles. The number of nitrogens with zero attached hydrogens (tertiary/aromatic N) is 1. The van der Waals surface area contributed by atoms with Gasteiger partial charge in [0.2, 0.25) is 23.1 Å². The van der Waals surface area contributed by atoms with Gasteiger partial charge in [-0.1, -0.05) is 47.5 Å². The molecule has 1 amide bonds. The Bertz CT molecular complexity index is 1270. The maximum absolute atomic E-state index is 13.8. The van der Waals surface area contributed by atoms with Crippen LogP contribution in [0, 0.1) is 18.8 Å². The number of fused-ring (bicyclic) bond motifs is 1. The monoisotopic (exact) mass is 517 g/mol. The third-order valence-corrected chi connectivity index (χ3v) is 7.74. The third-order valence-electron chi connectivity index (χ3n) is 7.00. The molecular formula is C25H21Cl2NO7. The molecule has 3 aliphatic rings. The van der Waals surface area contributed by atoms with E-state index in [0.29, 0.717) is 24.3 Å². The molecule has 0 radical (unpaired) electrons. The van der Waals surface area contributed by atoms with E-state index in [1.165, 1.54) is 23.1 Å². The van der Waals surface area contributed by atoms with E-state index in [-0.39, 0.29) is 34.3 Å². The molecule has 10 heteroatoms. The van der Waals surface area contributed by atoms with Crippen LogP contribution in [-0.2, 0) is 19.1 Å². The quantitative estimate of drug-likeness (QED) is 0.621. The topological polar surface area (TPSA) is 110 Å². The number of benzene rings is 2. The van der Waals surface area contributed by atoms with Crippen molar-refractivity contribution in [3.8, 4) is 0 Å². The molecule has 0 saturated carbocycles. The second-order valence-electron chi connectivity index (χ2n) is 8.88. The highest BCUT2D eigenvalue weighted by molar-refractivity contribution is 6.42. The highest BCUT2D eigenvalue weighted by Gasteiger charge is 2.71. The van der Waals surface area contributed by atoms with Crippen molar-refractivity contribution in [3.63, 3.8) is 0 Å². The number of morpholine rings is 1. The van der Waals surface area contributed by atoms with E-state index in [9.17, 15) is 24.3 Å². The van der Waals surface area contributed by atoms with Crippen LogP contribution in [0.2, 0.25) is 10.0 Å². The zero-order valence-electron chi connectivity index (χ0n) is 18.6. The van der Waals surface area contributed by atoms with Gasteiger partial charge in [0.1, 0.15) is 5.92 Å². The van der Waals surface area contributed by atoms with E-state index in [2.05, 4.69) is 0 Å². The Morgan fingerprint density at radius 3 is 2.40 bits per heavy atom. The minimum atomic E-state index is -2.37. The fraction of sp³-hybridized carbons (Fsp3) is 0.360. The zero-order valence-corrected chi connectivity index (χ0v) is 20.1. The molecule has 1 N–H and O–H groups in total. The van der Waals surface area contributed by atoms with Crippen LogP contribution >= 0.6 is 23.2 Å². The van der Waals surface area contributed by atoms with Gasteiger partial charge in [-0.05, 0) is 30.2 Å². The lowest BCUT2D eigenvalue weighted by atomic mass is 9.75. The van der Waals surface area contributed by atoms with Crippen molar-refractivity contribution in [2.45, 2.75) is 18.6 Å². The van der Waals surface area contributed by atoms with E-state index < -0.39 is 47.0 Å². The second kappa shape index (κ2) is 8.71. The van der Waals surface area contributed by atoms with Crippen molar-refractivity contribution >= 4 is 46.6 Å². The first kappa shape index (κ1) is 23.9. The Balaban J connectivity index is 1.70. The number of carbonyl (C=O) groups excluding carboxylic acids is 3. The molecule has 2 saturated heterocycles. The Morgan fingerprint density at radius 1 is 1.06 bits per heavy atom. The fourth-order valence-electron chi connectivity index (χ4n) is 5.37. The van der Waals surface area contributed by atoms with Crippen molar-refractivity contribution in [3.05, 3.63) is 68.7 Å². The first-order valence-corrected chi connectivity index (χ1v) is 11.9. The summed E-state index contributed by atoms with van der Waals surface area (Å²) in [7, 11) is 0. The highest BCUT2D eigenvalue weighted by atomic mass is 35.5. The minimum Gasteiger partial charge on any atom is -0.481 e. The van der Waals surface area contributed by atoms with Crippen LogP contribution in [0.4, 0.5) is 0 Å². The van der Waals surface area contributed by atoms with Crippen LogP contribution in [0.15, 0.2) is 36.4 Å². The average molecular weight is 518 g/mol. The predicted octanol–water partition coefficient (Wildman–Crippen LogP) is 3.37.